The van der Waals surface area contributed by atoms with Gasteiger partial charge in [0.2, 0.25) is 0 Å². The minimum Gasteiger partial charge on any atom is -0.361 e. The first kappa shape index (κ1) is 14.0. The molecule has 1 atom stereocenters. The monoisotopic (exact) mass is 293 g/mol. The second kappa shape index (κ2) is 3.81. The Bertz CT molecular complexity index is 451. The molecule has 1 aromatic heterocycles. The second-order valence-corrected chi connectivity index (χ2v) is 4.02. The topological polar surface area (TPSA) is 43.2 Å². The van der Waals surface area contributed by atoms with Crippen molar-refractivity contribution in [2.75, 3.05) is 6.61 Å². The summed E-state index contributed by atoms with van der Waals surface area (Å²) >= 11 is 0. The Morgan fingerprint density at radius 3 is 2.11 bits per heavy atom. The van der Waals surface area contributed by atoms with Crippen LogP contribution in [0, 0.1) is 0 Å². The summed E-state index contributed by atoms with van der Waals surface area (Å²) in [5.74, 6) is -11.6. The summed E-state index contributed by atoms with van der Waals surface area (Å²) < 4.78 is 93.7. The van der Waals surface area contributed by atoms with Crippen LogP contribution >= 0.6 is 0 Å². The molecule has 11 heteroatoms. The zero-order valence-electron chi connectivity index (χ0n) is 8.96. The number of ether oxygens (including phenoxy) is 1. The zero-order chi connectivity index (χ0) is 14.5. The van der Waals surface area contributed by atoms with Crippen molar-refractivity contribution in [2.45, 2.75) is 30.2 Å². The van der Waals surface area contributed by atoms with E-state index >= 15 is 0 Å². The highest BCUT2D eigenvalue weighted by atomic mass is 19.4. The number of rotatable bonds is 4. The minimum atomic E-state index is -6.38. The van der Waals surface area contributed by atoms with Gasteiger partial charge in [0.1, 0.15) is 12.7 Å². The second-order valence-electron chi connectivity index (χ2n) is 4.02. The van der Waals surface area contributed by atoms with E-state index in [1.54, 1.807) is 0 Å². The van der Waals surface area contributed by atoms with Gasteiger partial charge in [0, 0.05) is 0 Å². The quantitative estimate of drug-likeness (QED) is 0.629. The van der Waals surface area contributed by atoms with Crippen LogP contribution in [0.1, 0.15) is 0 Å². The number of nitrogens with zero attached hydrogens (tertiary/aromatic N) is 3. The molecule has 1 aliphatic heterocycles. The molecule has 1 unspecified atom stereocenters. The predicted molar refractivity (Wildman–Crippen MR) is 44.7 cm³/mol. The van der Waals surface area contributed by atoms with Crippen molar-refractivity contribution < 1.29 is 35.5 Å². The molecule has 1 saturated heterocycles. The first-order valence-electron chi connectivity index (χ1n) is 4.82. The maximum atomic E-state index is 13.5. The number of epoxide rings is 1. The van der Waals surface area contributed by atoms with Gasteiger partial charge in [-0.3, -0.25) is 0 Å². The third kappa shape index (κ3) is 1.95. The van der Waals surface area contributed by atoms with Gasteiger partial charge >= 0.3 is 18.0 Å². The third-order valence-electron chi connectivity index (χ3n) is 2.70. The molecule has 0 N–H and O–H groups in total. The summed E-state index contributed by atoms with van der Waals surface area (Å²) in [6, 6.07) is 0. The van der Waals surface area contributed by atoms with E-state index in [1.165, 1.54) is 0 Å². The number of hydrogen-bond acceptors (Lipinski definition) is 3. The van der Waals surface area contributed by atoms with Gasteiger partial charge in [0.15, 0.2) is 5.60 Å². The van der Waals surface area contributed by atoms with Gasteiger partial charge in [-0.15, -0.1) is 0 Å². The molecule has 0 amide bonds. The zero-order valence-corrected chi connectivity index (χ0v) is 8.96. The number of aromatic nitrogens is 3. The van der Waals surface area contributed by atoms with Crippen LogP contribution in [0.15, 0.2) is 12.7 Å². The molecule has 0 aliphatic carbocycles. The Balaban J connectivity index is 2.29. The average Bonchev–Trinajstić information content (AvgIpc) is 2.85. The molecule has 0 spiro atoms. The van der Waals surface area contributed by atoms with Crippen LogP contribution in [0.4, 0.5) is 30.7 Å². The molecule has 2 rings (SSSR count). The molecule has 19 heavy (non-hydrogen) atoms. The van der Waals surface area contributed by atoms with Gasteiger partial charge in [-0.2, -0.15) is 35.8 Å². The molecule has 4 nitrogen and oxygen atoms in total. The smallest absolute Gasteiger partial charge is 0.361 e. The summed E-state index contributed by atoms with van der Waals surface area (Å²) in [6.07, 6.45) is -4.54. The molecule has 1 fully saturated rings. The van der Waals surface area contributed by atoms with Crippen molar-refractivity contribution in [1.82, 2.24) is 14.8 Å². The maximum absolute atomic E-state index is 13.5. The van der Waals surface area contributed by atoms with Crippen molar-refractivity contribution in [2.24, 2.45) is 0 Å². The van der Waals surface area contributed by atoms with Crippen molar-refractivity contribution in [3.8, 4) is 0 Å². The third-order valence-corrected chi connectivity index (χ3v) is 2.70. The van der Waals surface area contributed by atoms with Crippen LogP contribution < -0.4 is 0 Å². The largest absolute Gasteiger partial charge is 0.459 e. The lowest BCUT2D eigenvalue weighted by atomic mass is 9.95. The molecular formula is C8H6F7N3O. The predicted octanol–water partition coefficient (Wildman–Crippen LogP) is 1.88. The fourth-order valence-electron chi connectivity index (χ4n) is 1.50. The lowest BCUT2D eigenvalue weighted by molar-refractivity contribution is -0.368. The molecule has 0 bridgehead atoms. The fraction of sp³-hybridized carbons (Fsp3) is 0.750. The molecule has 0 aromatic carbocycles. The Kier molecular flexibility index (Phi) is 2.81. The van der Waals surface area contributed by atoms with Gasteiger partial charge in [-0.1, -0.05) is 0 Å². The molecular weight excluding hydrogens is 287 g/mol. The van der Waals surface area contributed by atoms with E-state index in [-0.39, 0.29) is 0 Å². The van der Waals surface area contributed by atoms with Gasteiger partial charge in [0.25, 0.3) is 0 Å². The Labute approximate surface area is 101 Å². The van der Waals surface area contributed by atoms with Crippen molar-refractivity contribution >= 4 is 0 Å². The molecule has 1 aliphatic rings. The SMILES string of the molecule is FC(F)(F)C(F)(F)C(F)(F)C1(Cn2cncn2)CO1. The first-order valence-corrected chi connectivity index (χ1v) is 4.82. The highest BCUT2D eigenvalue weighted by molar-refractivity contribution is 5.11. The summed E-state index contributed by atoms with van der Waals surface area (Å²) in [5, 5.41) is 3.37. The van der Waals surface area contributed by atoms with Gasteiger partial charge in [-0.25, -0.2) is 9.67 Å². The lowest BCUT2D eigenvalue weighted by Gasteiger charge is -2.32. The van der Waals surface area contributed by atoms with E-state index in [9.17, 15) is 30.7 Å². The van der Waals surface area contributed by atoms with E-state index in [1.807, 2.05) is 0 Å². The number of halogens is 7. The summed E-state index contributed by atoms with van der Waals surface area (Å²) in [5.41, 5.74) is -2.93. The summed E-state index contributed by atoms with van der Waals surface area (Å²) in [4.78, 5) is 3.37. The van der Waals surface area contributed by atoms with Crippen LogP contribution in [-0.2, 0) is 11.3 Å². The van der Waals surface area contributed by atoms with Gasteiger partial charge in [0.05, 0.1) is 13.2 Å². The minimum absolute atomic E-state index is 0.702. The van der Waals surface area contributed by atoms with Crippen LogP contribution in [0.3, 0.4) is 0 Å². The Morgan fingerprint density at radius 2 is 1.74 bits per heavy atom. The Morgan fingerprint density at radius 1 is 1.16 bits per heavy atom. The van der Waals surface area contributed by atoms with Gasteiger partial charge in [-0.05, 0) is 0 Å². The van der Waals surface area contributed by atoms with Gasteiger partial charge < -0.3 is 4.74 Å². The van der Waals surface area contributed by atoms with E-state index in [0.29, 0.717) is 4.68 Å². The highest BCUT2D eigenvalue weighted by Crippen LogP contribution is 2.56. The fourth-order valence-corrected chi connectivity index (χ4v) is 1.50. The van der Waals surface area contributed by atoms with E-state index in [2.05, 4.69) is 14.8 Å². The molecule has 108 valence electrons. The van der Waals surface area contributed by atoms with E-state index < -0.39 is 36.8 Å². The standard InChI is InChI=1S/C8H6F7N3O/c9-6(10,7(11,12)8(13,14)15)5(2-19-5)1-18-4-16-3-17-18/h3-4H,1-2H2. The summed E-state index contributed by atoms with van der Waals surface area (Å²) in [6.45, 7) is -1.88. The summed E-state index contributed by atoms with van der Waals surface area (Å²) in [7, 11) is 0. The van der Waals surface area contributed by atoms with Crippen LogP contribution in [0.25, 0.3) is 0 Å². The highest BCUT2D eigenvalue weighted by Gasteiger charge is 2.83. The molecule has 0 radical (unpaired) electrons. The molecule has 0 saturated carbocycles. The number of hydrogen-bond donors (Lipinski definition) is 0. The van der Waals surface area contributed by atoms with Crippen LogP contribution in [0.5, 0.6) is 0 Å². The number of alkyl halides is 7. The van der Waals surface area contributed by atoms with Crippen LogP contribution in [-0.4, -0.2) is 45.0 Å². The van der Waals surface area contributed by atoms with E-state index in [4.69, 9.17) is 0 Å². The Hall–Kier alpha value is -1.39. The normalized spacial score (nSPS) is 24.6. The van der Waals surface area contributed by atoms with Crippen molar-refractivity contribution in [3.05, 3.63) is 12.7 Å². The van der Waals surface area contributed by atoms with Crippen LogP contribution in [0.2, 0.25) is 0 Å². The average molecular weight is 293 g/mol. The first-order chi connectivity index (χ1) is 8.54. The molecule has 2 heterocycles. The maximum Gasteiger partial charge on any atom is 0.459 e. The van der Waals surface area contributed by atoms with E-state index in [0.717, 1.165) is 12.7 Å². The van der Waals surface area contributed by atoms with Crippen molar-refractivity contribution in [3.63, 3.8) is 0 Å². The van der Waals surface area contributed by atoms with Crippen molar-refractivity contribution in [1.29, 1.82) is 0 Å². The molecule has 1 aromatic rings. The lowest BCUT2D eigenvalue weighted by Crippen LogP contribution is -2.60.